The van der Waals surface area contributed by atoms with Crippen LogP contribution in [-0.2, 0) is 29.7 Å². The van der Waals surface area contributed by atoms with E-state index in [2.05, 4.69) is 46.8 Å². The van der Waals surface area contributed by atoms with Gasteiger partial charge >= 0.3 is 87.9 Å². The monoisotopic (exact) mass is 411 g/mol. The molecule has 0 atom stereocenters. The van der Waals surface area contributed by atoms with E-state index in [-0.39, 0.29) is 0 Å². The molecule has 0 aliphatic heterocycles. The van der Waals surface area contributed by atoms with Gasteiger partial charge in [0.15, 0.2) is 0 Å². The van der Waals surface area contributed by atoms with Gasteiger partial charge in [-0.3, -0.25) is 4.79 Å². The standard InChI is InChI=1S/C6H5.C4H10N.C2H4O2.Hg/c1-2-4-6-5-3-1;1-3-5-4-2;1-2(3)4;/h1-5H;3-4H2,1-2H3;1H3,(H,3,4);/q;-1;;+1. The van der Waals surface area contributed by atoms with Gasteiger partial charge in [-0.15, -0.1) is 0 Å². The first-order chi connectivity index (χ1) is 7.60. The molecule has 4 heteroatoms. The van der Waals surface area contributed by atoms with Crippen molar-refractivity contribution in [3.63, 3.8) is 0 Å². The topological polar surface area (TPSA) is 40.5 Å². The minimum absolute atomic E-state index is 0.833. The summed E-state index contributed by atoms with van der Waals surface area (Å²) >= 11 is -0.909. The van der Waals surface area contributed by atoms with Crippen molar-refractivity contribution in [1.29, 1.82) is 0 Å². The van der Waals surface area contributed by atoms with Crippen LogP contribution in [0.5, 0.6) is 0 Å². The fourth-order valence-corrected chi connectivity index (χ4v) is 6.91. The van der Waals surface area contributed by atoms with Crippen molar-refractivity contribution in [1.82, 2.24) is 2.66 Å². The third kappa shape index (κ3) is 8.86. The summed E-state index contributed by atoms with van der Waals surface area (Å²) in [6.07, 6.45) is 0. The molecule has 0 aliphatic rings. The van der Waals surface area contributed by atoms with Crippen molar-refractivity contribution in [3.05, 3.63) is 30.3 Å². The molecule has 0 saturated heterocycles. The fraction of sp³-hybridized carbons (Fsp3) is 0.417. The summed E-state index contributed by atoms with van der Waals surface area (Å²) in [5, 5.41) is 7.42. The van der Waals surface area contributed by atoms with E-state index in [4.69, 9.17) is 9.90 Å². The van der Waals surface area contributed by atoms with Crippen LogP contribution in [-0.4, -0.2) is 26.8 Å². The number of carboxylic acids is 1. The molecule has 86 valence electrons. The molecule has 1 aromatic carbocycles. The summed E-state index contributed by atoms with van der Waals surface area (Å²) in [6, 6.07) is 11.0. The van der Waals surface area contributed by atoms with Crippen LogP contribution >= 0.6 is 0 Å². The van der Waals surface area contributed by atoms with Crippen molar-refractivity contribution in [3.8, 4) is 0 Å². The molecular weight excluding hydrogens is 391 g/mol. The zero-order valence-corrected chi connectivity index (χ0v) is 15.8. The van der Waals surface area contributed by atoms with E-state index < -0.39 is 30.8 Å². The number of aliphatic carboxylic acids is 1. The predicted molar refractivity (Wildman–Crippen MR) is 62.3 cm³/mol. The van der Waals surface area contributed by atoms with Crippen LogP contribution in [0.3, 0.4) is 0 Å². The third-order valence-corrected chi connectivity index (χ3v) is 10.6. The first-order valence-electron chi connectivity index (χ1n) is 5.55. The normalized spacial score (nSPS) is 9.00. The van der Waals surface area contributed by atoms with Crippen molar-refractivity contribution < 1.29 is 34.8 Å². The van der Waals surface area contributed by atoms with E-state index >= 15 is 0 Å². The Hall–Kier alpha value is -0.415. The van der Waals surface area contributed by atoms with Gasteiger partial charge in [0.25, 0.3) is 5.97 Å². The molecule has 0 fully saturated rings. The molecule has 0 saturated carbocycles. The number of hydrogen-bond acceptors (Lipinski definition) is 2. The second-order valence-corrected chi connectivity index (χ2v) is 11.3. The molecule has 0 unspecified atom stereocenters. The summed E-state index contributed by atoms with van der Waals surface area (Å²) in [4.78, 5) is 9.00. The Morgan fingerprint density at radius 3 is 2.06 bits per heavy atom. The van der Waals surface area contributed by atoms with Crippen LogP contribution in [0.15, 0.2) is 30.3 Å². The Kier molecular flexibility index (Phi) is 9.53. The second-order valence-electron chi connectivity index (χ2n) is 3.47. The zero-order chi connectivity index (χ0) is 12.4. The number of nitrogens with zero attached hydrogens (tertiary/aromatic N) is 1. The second kappa shape index (κ2) is 9.79. The number of hydrogen-bond donors (Lipinski definition) is 1. The van der Waals surface area contributed by atoms with E-state index in [1.807, 2.05) is 0 Å². The third-order valence-electron chi connectivity index (χ3n) is 2.14. The molecule has 0 heterocycles. The quantitative estimate of drug-likeness (QED) is 0.770. The molecule has 16 heavy (non-hydrogen) atoms. The van der Waals surface area contributed by atoms with Gasteiger partial charge in [-0.1, -0.05) is 0 Å². The van der Waals surface area contributed by atoms with Crippen molar-refractivity contribution in [2.24, 2.45) is 0 Å². The molecule has 3 nitrogen and oxygen atoms in total. The van der Waals surface area contributed by atoms with Gasteiger partial charge in [-0.05, 0) is 0 Å². The average Bonchev–Trinajstić information content (AvgIpc) is 2.26. The van der Waals surface area contributed by atoms with Gasteiger partial charge in [-0.25, -0.2) is 0 Å². The maximum absolute atomic E-state index is 9.00. The Balaban J connectivity index is 0.000000487. The summed E-state index contributed by atoms with van der Waals surface area (Å²) in [6.45, 7) is 8.05. The van der Waals surface area contributed by atoms with Crippen LogP contribution in [0.25, 0.3) is 0 Å². The maximum atomic E-state index is 9.00. The molecule has 1 rings (SSSR count). The average molecular weight is 410 g/mol. The minimum atomic E-state index is -0.909. The number of carboxylic acid groups (broad SMARTS) is 1. The van der Waals surface area contributed by atoms with Gasteiger partial charge in [0.05, 0.1) is 0 Å². The number of rotatable bonds is 4. The molecule has 1 N–H and O–H groups in total. The Bertz CT molecular complexity index is 282. The SMILES string of the molecule is CC(=O)O.CC[N](CC)[Hg][c]1ccccc1. The van der Waals surface area contributed by atoms with E-state index in [0.29, 0.717) is 0 Å². The Morgan fingerprint density at radius 1 is 1.25 bits per heavy atom. The van der Waals surface area contributed by atoms with E-state index in [1.165, 1.54) is 13.1 Å². The molecule has 0 spiro atoms. The van der Waals surface area contributed by atoms with Gasteiger partial charge in [0.1, 0.15) is 0 Å². The molecule has 0 radical (unpaired) electrons. The van der Waals surface area contributed by atoms with Crippen molar-refractivity contribution >= 4 is 9.04 Å². The van der Waals surface area contributed by atoms with Gasteiger partial charge in [0, 0.05) is 6.92 Å². The first-order valence-corrected chi connectivity index (χ1v) is 10.8. The van der Waals surface area contributed by atoms with Crippen LogP contribution in [0, 0.1) is 0 Å². The van der Waals surface area contributed by atoms with Gasteiger partial charge in [-0.2, -0.15) is 0 Å². The summed E-state index contributed by atoms with van der Waals surface area (Å²) in [5.74, 6) is -0.833. The molecule has 0 aromatic heterocycles. The Morgan fingerprint density at radius 2 is 1.69 bits per heavy atom. The first kappa shape index (κ1) is 15.6. The van der Waals surface area contributed by atoms with E-state index in [0.717, 1.165) is 6.92 Å². The van der Waals surface area contributed by atoms with Crippen LogP contribution in [0.1, 0.15) is 20.8 Å². The zero-order valence-electron chi connectivity index (χ0n) is 10.3. The molecular formula is C12H19HgNO2. The summed E-state index contributed by atoms with van der Waals surface area (Å²) in [7, 11) is 0. The van der Waals surface area contributed by atoms with E-state index in [9.17, 15) is 0 Å². The van der Waals surface area contributed by atoms with Crippen molar-refractivity contribution in [2.75, 3.05) is 13.1 Å². The van der Waals surface area contributed by atoms with Crippen LogP contribution in [0.2, 0.25) is 0 Å². The summed E-state index contributed by atoms with van der Waals surface area (Å²) in [5.41, 5.74) is 0. The number of benzene rings is 1. The molecule has 1 aromatic rings. The van der Waals surface area contributed by atoms with Crippen LogP contribution in [0.4, 0.5) is 0 Å². The molecule has 0 aliphatic carbocycles. The fourth-order valence-electron chi connectivity index (χ4n) is 1.29. The number of carbonyl (C=O) groups is 1. The van der Waals surface area contributed by atoms with Gasteiger partial charge < -0.3 is 5.11 Å². The molecule has 0 amide bonds. The van der Waals surface area contributed by atoms with E-state index in [1.54, 1.807) is 3.07 Å². The Labute approximate surface area is 110 Å². The van der Waals surface area contributed by atoms with Crippen molar-refractivity contribution in [2.45, 2.75) is 20.8 Å². The predicted octanol–water partition coefficient (Wildman–Crippen LogP) is 1.74. The van der Waals surface area contributed by atoms with Crippen LogP contribution < -0.4 is 3.07 Å². The summed E-state index contributed by atoms with van der Waals surface area (Å²) < 4.78 is 4.26. The molecule has 0 bridgehead atoms. The van der Waals surface area contributed by atoms with Gasteiger partial charge in [0.2, 0.25) is 0 Å².